The number of anilines is 1. The second-order valence-corrected chi connectivity index (χ2v) is 5.87. The van der Waals surface area contributed by atoms with Crippen molar-refractivity contribution in [2.75, 3.05) is 17.2 Å². The molecule has 2 aromatic rings. The zero-order chi connectivity index (χ0) is 14.1. The number of fused-ring (bicyclic) bond motifs is 1. The maximum absolute atomic E-state index is 12.6. The molecule has 0 radical (unpaired) electrons. The fraction of sp³-hybridized carbons (Fsp3) is 0.286. The van der Waals surface area contributed by atoms with Gasteiger partial charge in [0.1, 0.15) is 6.04 Å². The Kier molecular flexibility index (Phi) is 3.50. The number of nitrogens with zero attached hydrogens (tertiary/aromatic N) is 3. The van der Waals surface area contributed by atoms with Crippen LogP contribution in [0.15, 0.2) is 41.6 Å². The van der Waals surface area contributed by atoms with Crippen molar-refractivity contribution >= 4 is 23.4 Å². The lowest BCUT2D eigenvalue weighted by molar-refractivity contribution is -0.119. The topological polar surface area (TPSA) is 64.2 Å². The van der Waals surface area contributed by atoms with Gasteiger partial charge in [0.2, 0.25) is 5.91 Å². The molecule has 0 bridgehead atoms. The molecular formula is C14H16N4OS. The first kappa shape index (κ1) is 13.2. The SMILES string of the molecule is Cn1cc(C(N)C(=O)N2CCSc3ccccc32)cn1. The maximum Gasteiger partial charge on any atom is 0.248 e. The fourth-order valence-corrected chi connectivity index (χ4v) is 3.30. The summed E-state index contributed by atoms with van der Waals surface area (Å²) < 4.78 is 1.66. The van der Waals surface area contributed by atoms with E-state index in [-0.39, 0.29) is 5.91 Å². The third-order valence-electron chi connectivity index (χ3n) is 3.34. The lowest BCUT2D eigenvalue weighted by Crippen LogP contribution is -2.41. The molecule has 0 spiro atoms. The maximum atomic E-state index is 12.6. The Bertz CT molecular complexity index is 640. The van der Waals surface area contributed by atoms with Crippen LogP contribution in [0.25, 0.3) is 0 Å². The minimum Gasteiger partial charge on any atom is -0.316 e. The van der Waals surface area contributed by atoms with Gasteiger partial charge in [0.05, 0.1) is 11.9 Å². The van der Waals surface area contributed by atoms with E-state index in [1.54, 1.807) is 33.7 Å². The molecule has 20 heavy (non-hydrogen) atoms. The van der Waals surface area contributed by atoms with Gasteiger partial charge in [0.25, 0.3) is 0 Å². The van der Waals surface area contributed by atoms with Crippen LogP contribution in [-0.4, -0.2) is 28.0 Å². The van der Waals surface area contributed by atoms with Gasteiger partial charge >= 0.3 is 0 Å². The summed E-state index contributed by atoms with van der Waals surface area (Å²) in [6.45, 7) is 0.689. The van der Waals surface area contributed by atoms with Crippen LogP contribution in [0.5, 0.6) is 0 Å². The predicted octanol–water partition coefficient (Wildman–Crippen LogP) is 1.56. The quantitative estimate of drug-likeness (QED) is 0.911. The van der Waals surface area contributed by atoms with E-state index in [4.69, 9.17) is 5.73 Å². The number of carbonyl (C=O) groups is 1. The number of amides is 1. The molecule has 1 unspecified atom stereocenters. The van der Waals surface area contributed by atoms with E-state index in [9.17, 15) is 4.79 Å². The van der Waals surface area contributed by atoms with E-state index in [1.165, 1.54) is 0 Å². The van der Waals surface area contributed by atoms with E-state index >= 15 is 0 Å². The van der Waals surface area contributed by atoms with E-state index in [0.29, 0.717) is 6.54 Å². The van der Waals surface area contributed by atoms with Crippen molar-refractivity contribution in [1.29, 1.82) is 0 Å². The molecule has 1 amide bonds. The highest BCUT2D eigenvalue weighted by Crippen LogP contribution is 2.35. The van der Waals surface area contributed by atoms with Gasteiger partial charge in [0.15, 0.2) is 0 Å². The van der Waals surface area contributed by atoms with Gasteiger partial charge in [-0.3, -0.25) is 9.48 Å². The first-order valence-electron chi connectivity index (χ1n) is 6.44. The average molecular weight is 288 g/mol. The minimum atomic E-state index is -0.667. The van der Waals surface area contributed by atoms with Gasteiger partial charge in [-0.05, 0) is 12.1 Å². The third-order valence-corrected chi connectivity index (χ3v) is 4.39. The highest BCUT2D eigenvalue weighted by atomic mass is 32.2. The summed E-state index contributed by atoms with van der Waals surface area (Å²) in [7, 11) is 1.81. The van der Waals surface area contributed by atoms with Crippen LogP contribution in [0, 0.1) is 0 Å². The average Bonchev–Trinajstić information content (AvgIpc) is 2.91. The summed E-state index contributed by atoms with van der Waals surface area (Å²) in [5.74, 6) is 0.813. The second kappa shape index (κ2) is 5.30. The summed E-state index contributed by atoms with van der Waals surface area (Å²) in [5, 5.41) is 4.07. The van der Waals surface area contributed by atoms with Gasteiger partial charge in [-0.25, -0.2) is 0 Å². The fourth-order valence-electron chi connectivity index (χ4n) is 2.31. The van der Waals surface area contributed by atoms with Gasteiger partial charge in [-0.1, -0.05) is 12.1 Å². The van der Waals surface area contributed by atoms with Gasteiger partial charge < -0.3 is 10.6 Å². The Morgan fingerprint density at radius 3 is 3.00 bits per heavy atom. The van der Waals surface area contributed by atoms with Crippen molar-refractivity contribution in [3.05, 3.63) is 42.2 Å². The number of benzene rings is 1. The molecule has 6 heteroatoms. The molecule has 0 aliphatic carbocycles. The molecule has 2 N–H and O–H groups in total. The van der Waals surface area contributed by atoms with Crippen LogP contribution in [-0.2, 0) is 11.8 Å². The Balaban J connectivity index is 1.88. The largest absolute Gasteiger partial charge is 0.316 e. The first-order chi connectivity index (χ1) is 9.66. The molecule has 0 fully saturated rings. The summed E-state index contributed by atoms with van der Waals surface area (Å²) in [6, 6.07) is 7.27. The van der Waals surface area contributed by atoms with Gasteiger partial charge in [-0.2, -0.15) is 5.10 Å². The number of carbonyl (C=O) groups excluding carboxylic acids is 1. The molecule has 104 valence electrons. The van der Waals surface area contributed by atoms with Crippen molar-refractivity contribution in [1.82, 2.24) is 9.78 Å². The predicted molar refractivity (Wildman–Crippen MR) is 79.7 cm³/mol. The highest BCUT2D eigenvalue weighted by molar-refractivity contribution is 7.99. The van der Waals surface area contributed by atoms with E-state index < -0.39 is 6.04 Å². The zero-order valence-corrected chi connectivity index (χ0v) is 12.0. The van der Waals surface area contributed by atoms with Crippen LogP contribution < -0.4 is 10.6 Å². The molecule has 1 aromatic carbocycles. The number of hydrogen-bond acceptors (Lipinski definition) is 4. The molecule has 3 rings (SSSR count). The van der Waals surface area contributed by atoms with Crippen LogP contribution in [0.4, 0.5) is 5.69 Å². The van der Waals surface area contributed by atoms with Crippen molar-refractivity contribution in [2.24, 2.45) is 12.8 Å². The lowest BCUT2D eigenvalue weighted by Gasteiger charge is -2.30. The first-order valence-corrected chi connectivity index (χ1v) is 7.42. The Labute approximate surface area is 121 Å². The number of thioether (sulfide) groups is 1. The zero-order valence-electron chi connectivity index (χ0n) is 11.2. The van der Waals surface area contributed by atoms with Crippen LogP contribution in [0.2, 0.25) is 0 Å². The van der Waals surface area contributed by atoms with Crippen molar-refractivity contribution in [2.45, 2.75) is 10.9 Å². The number of para-hydroxylation sites is 1. The molecule has 0 saturated carbocycles. The number of aromatic nitrogens is 2. The van der Waals surface area contributed by atoms with Gasteiger partial charge in [-0.15, -0.1) is 11.8 Å². The van der Waals surface area contributed by atoms with Gasteiger partial charge in [0, 0.05) is 36.0 Å². The standard InChI is InChI=1S/C14H16N4OS/c1-17-9-10(8-16-17)13(15)14(19)18-6-7-20-12-5-3-2-4-11(12)18/h2-5,8-9,13H,6-7,15H2,1H3. The summed E-state index contributed by atoms with van der Waals surface area (Å²) >= 11 is 1.77. The molecule has 2 heterocycles. The molecule has 1 aliphatic heterocycles. The molecule has 1 aliphatic rings. The van der Waals surface area contributed by atoms with Crippen LogP contribution in [0.1, 0.15) is 11.6 Å². The van der Waals surface area contributed by atoms with E-state index in [1.807, 2.05) is 31.3 Å². The monoisotopic (exact) mass is 288 g/mol. The smallest absolute Gasteiger partial charge is 0.248 e. The lowest BCUT2D eigenvalue weighted by atomic mass is 10.1. The number of aryl methyl sites for hydroxylation is 1. The summed E-state index contributed by atoms with van der Waals surface area (Å²) in [4.78, 5) is 15.5. The molecule has 1 aromatic heterocycles. The highest BCUT2D eigenvalue weighted by Gasteiger charge is 2.28. The molecule has 0 saturated heterocycles. The van der Waals surface area contributed by atoms with E-state index in [0.717, 1.165) is 21.9 Å². The molecule has 5 nitrogen and oxygen atoms in total. The molecular weight excluding hydrogens is 272 g/mol. The number of hydrogen-bond donors (Lipinski definition) is 1. The number of rotatable bonds is 2. The Morgan fingerprint density at radius 1 is 1.45 bits per heavy atom. The van der Waals surface area contributed by atoms with E-state index in [2.05, 4.69) is 5.10 Å². The minimum absolute atomic E-state index is 0.0780. The van der Waals surface area contributed by atoms with Crippen LogP contribution >= 0.6 is 11.8 Å². The number of nitrogens with two attached hydrogens (primary N) is 1. The summed E-state index contributed by atoms with van der Waals surface area (Å²) in [5.41, 5.74) is 7.78. The summed E-state index contributed by atoms with van der Waals surface area (Å²) in [6.07, 6.45) is 3.43. The Morgan fingerprint density at radius 2 is 2.25 bits per heavy atom. The Hall–Kier alpha value is -1.79. The van der Waals surface area contributed by atoms with Crippen molar-refractivity contribution < 1.29 is 4.79 Å². The molecule has 1 atom stereocenters. The van der Waals surface area contributed by atoms with Crippen molar-refractivity contribution in [3.63, 3.8) is 0 Å². The van der Waals surface area contributed by atoms with Crippen molar-refractivity contribution in [3.8, 4) is 0 Å². The normalized spacial score (nSPS) is 15.8. The third kappa shape index (κ3) is 2.32. The second-order valence-electron chi connectivity index (χ2n) is 4.73. The van der Waals surface area contributed by atoms with Crippen LogP contribution in [0.3, 0.4) is 0 Å².